The van der Waals surface area contributed by atoms with Crippen LogP contribution in [0.3, 0.4) is 0 Å². The van der Waals surface area contributed by atoms with Gasteiger partial charge in [0.05, 0.1) is 18.0 Å². The lowest BCUT2D eigenvalue weighted by atomic mass is 10.3. The standard InChI is InChI=1S/C10H21N3O/c1-5-13(6-2)8-7-11-9(3)10(4)12-14/h14H,5-8H2,1-4H3/b11-9?,12-10+. The lowest BCUT2D eigenvalue weighted by Crippen LogP contribution is -2.26. The van der Waals surface area contributed by atoms with Crippen molar-refractivity contribution in [2.75, 3.05) is 26.2 Å². The maximum absolute atomic E-state index is 8.50. The zero-order valence-electron chi connectivity index (χ0n) is 9.62. The Labute approximate surface area is 86.3 Å². The molecule has 0 spiro atoms. The number of aliphatic imine (C=N–C) groups is 1. The molecule has 0 radical (unpaired) electrons. The molecule has 0 aromatic rings. The third-order valence-electron chi connectivity index (χ3n) is 2.33. The SMILES string of the molecule is CCN(CC)CCN=C(C)/C(C)=N/O. The first-order valence-electron chi connectivity index (χ1n) is 5.08. The fourth-order valence-electron chi connectivity index (χ4n) is 1.09. The molecule has 0 amide bonds. The van der Waals surface area contributed by atoms with Crippen LogP contribution in [0, 0.1) is 0 Å². The number of nitrogens with zero attached hydrogens (tertiary/aromatic N) is 3. The van der Waals surface area contributed by atoms with Gasteiger partial charge in [-0.1, -0.05) is 19.0 Å². The van der Waals surface area contributed by atoms with Crippen LogP contribution in [0.1, 0.15) is 27.7 Å². The number of hydrogen-bond acceptors (Lipinski definition) is 4. The van der Waals surface area contributed by atoms with Gasteiger partial charge in [-0.25, -0.2) is 0 Å². The maximum atomic E-state index is 8.50. The van der Waals surface area contributed by atoms with E-state index >= 15 is 0 Å². The van der Waals surface area contributed by atoms with Crippen LogP contribution >= 0.6 is 0 Å². The molecule has 4 nitrogen and oxygen atoms in total. The van der Waals surface area contributed by atoms with Crippen LogP contribution in [0.25, 0.3) is 0 Å². The molecule has 0 aliphatic heterocycles. The topological polar surface area (TPSA) is 48.2 Å². The molecule has 0 heterocycles. The van der Waals surface area contributed by atoms with Gasteiger partial charge >= 0.3 is 0 Å². The lowest BCUT2D eigenvalue weighted by molar-refractivity contribution is 0.313. The average Bonchev–Trinajstić information content (AvgIpc) is 2.22. The monoisotopic (exact) mass is 199 g/mol. The van der Waals surface area contributed by atoms with Crippen molar-refractivity contribution in [1.29, 1.82) is 0 Å². The molecule has 82 valence electrons. The summed E-state index contributed by atoms with van der Waals surface area (Å²) in [5.74, 6) is 0. The molecule has 1 N–H and O–H groups in total. The van der Waals surface area contributed by atoms with Gasteiger partial charge in [0, 0.05) is 6.54 Å². The number of oxime groups is 1. The molecule has 0 aliphatic rings. The Bertz CT molecular complexity index is 207. The van der Waals surface area contributed by atoms with E-state index in [0.717, 1.165) is 31.9 Å². The van der Waals surface area contributed by atoms with Crippen LogP contribution < -0.4 is 0 Å². The predicted octanol–water partition coefficient (Wildman–Crippen LogP) is 1.64. The van der Waals surface area contributed by atoms with Gasteiger partial charge in [0.1, 0.15) is 0 Å². The summed E-state index contributed by atoms with van der Waals surface area (Å²) in [7, 11) is 0. The molecular weight excluding hydrogens is 178 g/mol. The van der Waals surface area contributed by atoms with Crippen molar-refractivity contribution in [2.45, 2.75) is 27.7 Å². The summed E-state index contributed by atoms with van der Waals surface area (Å²) in [6.07, 6.45) is 0. The third-order valence-corrected chi connectivity index (χ3v) is 2.33. The van der Waals surface area contributed by atoms with Gasteiger partial charge in [-0.15, -0.1) is 0 Å². The summed E-state index contributed by atoms with van der Waals surface area (Å²) < 4.78 is 0. The van der Waals surface area contributed by atoms with E-state index < -0.39 is 0 Å². The third kappa shape index (κ3) is 4.97. The second-order valence-corrected chi connectivity index (χ2v) is 3.18. The fourth-order valence-corrected chi connectivity index (χ4v) is 1.09. The van der Waals surface area contributed by atoms with Crippen molar-refractivity contribution >= 4 is 11.4 Å². The highest BCUT2D eigenvalue weighted by Gasteiger charge is 1.99. The van der Waals surface area contributed by atoms with Crippen molar-refractivity contribution in [2.24, 2.45) is 10.1 Å². The van der Waals surface area contributed by atoms with Crippen LogP contribution in [0.5, 0.6) is 0 Å². The summed E-state index contributed by atoms with van der Waals surface area (Å²) in [5.41, 5.74) is 1.39. The van der Waals surface area contributed by atoms with Crippen molar-refractivity contribution in [1.82, 2.24) is 4.90 Å². The van der Waals surface area contributed by atoms with Gasteiger partial charge in [0.2, 0.25) is 0 Å². The first-order chi connectivity index (χ1) is 6.65. The first kappa shape index (κ1) is 13.1. The number of likely N-dealkylation sites (N-methyl/N-ethyl adjacent to an activating group) is 1. The summed E-state index contributed by atoms with van der Waals surface area (Å²) in [5, 5.41) is 11.6. The largest absolute Gasteiger partial charge is 0.411 e. The van der Waals surface area contributed by atoms with Crippen molar-refractivity contribution in [3.8, 4) is 0 Å². The van der Waals surface area contributed by atoms with E-state index in [-0.39, 0.29) is 0 Å². The maximum Gasteiger partial charge on any atom is 0.0971 e. The minimum atomic E-state index is 0.588. The predicted molar refractivity (Wildman–Crippen MR) is 60.7 cm³/mol. The smallest absolute Gasteiger partial charge is 0.0971 e. The Balaban J connectivity index is 3.92. The molecule has 0 saturated heterocycles. The van der Waals surface area contributed by atoms with E-state index in [2.05, 4.69) is 28.9 Å². The molecule has 0 fully saturated rings. The molecule has 0 aromatic heterocycles. The molecular formula is C10H21N3O. The van der Waals surface area contributed by atoms with Crippen LogP contribution in [-0.2, 0) is 0 Å². The van der Waals surface area contributed by atoms with Crippen LogP contribution in [0.15, 0.2) is 10.1 Å². The fraction of sp³-hybridized carbons (Fsp3) is 0.800. The highest BCUT2D eigenvalue weighted by Crippen LogP contribution is 1.89. The van der Waals surface area contributed by atoms with Crippen molar-refractivity contribution in [3.63, 3.8) is 0 Å². The zero-order chi connectivity index (χ0) is 11.0. The van der Waals surface area contributed by atoms with E-state index in [1.165, 1.54) is 0 Å². The highest BCUT2D eigenvalue weighted by molar-refractivity contribution is 6.40. The molecule has 0 aromatic carbocycles. The lowest BCUT2D eigenvalue weighted by Gasteiger charge is -2.16. The molecule has 4 heteroatoms. The van der Waals surface area contributed by atoms with E-state index in [1.807, 2.05) is 6.92 Å². The normalized spacial score (nSPS) is 13.8. The highest BCUT2D eigenvalue weighted by atomic mass is 16.4. The molecule has 0 rings (SSSR count). The molecule has 0 saturated carbocycles. The van der Waals surface area contributed by atoms with Crippen LogP contribution in [-0.4, -0.2) is 47.7 Å². The van der Waals surface area contributed by atoms with Crippen molar-refractivity contribution in [3.05, 3.63) is 0 Å². The van der Waals surface area contributed by atoms with Gasteiger partial charge in [-0.05, 0) is 26.9 Å². The quantitative estimate of drug-likeness (QED) is 0.401. The van der Waals surface area contributed by atoms with Gasteiger partial charge in [0.25, 0.3) is 0 Å². The Morgan fingerprint density at radius 3 is 2.14 bits per heavy atom. The van der Waals surface area contributed by atoms with Gasteiger partial charge in [-0.3, -0.25) is 4.99 Å². The van der Waals surface area contributed by atoms with Crippen LogP contribution in [0.4, 0.5) is 0 Å². The second kappa shape index (κ2) is 7.50. The van der Waals surface area contributed by atoms with Gasteiger partial charge in [0.15, 0.2) is 0 Å². The zero-order valence-corrected chi connectivity index (χ0v) is 9.62. The molecule has 14 heavy (non-hydrogen) atoms. The Hall–Kier alpha value is -0.900. The van der Waals surface area contributed by atoms with Crippen molar-refractivity contribution < 1.29 is 5.21 Å². The molecule has 0 atom stereocenters. The number of hydrogen-bond donors (Lipinski definition) is 1. The second-order valence-electron chi connectivity index (χ2n) is 3.18. The Kier molecular flexibility index (Phi) is 7.02. The Morgan fingerprint density at radius 1 is 1.14 bits per heavy atom. The molecule has 0 unspecified atom stereocenters. The van der Waals surface area contributed by atoms with E-state index in [1.54, 1.807) is 6.92 Å². The minimum Gasteiger partial charge on any atom is -0.411 e. The Morgan fingerprint density at radius 2 is 1.71 bits per heavy atom. The summed E-state index contributed by atoms with van der Waals surface area (Å²) in [6, 6.07) is 0. The summed E-state index contributed by atoms with van der Waals surface area (Å²) in [4.78, 5) is 6.62. The molecule has 0 bridgehead atoms. The van der Waals surface area contributed by atoms with E-state index in [9.17, 15) is 0 Å². The average molecular weight is 199 g/mol. The molecule has 0 aliphatic carbocycles. The number of rotatable bonds is 6. The summed E-state index contributed by atoms with van der Waals surface area (Å²) in [6.45, 7) is 11.7. The first-order valence-corrected chi connectivity index (χ1v) is 5.08. The van der Waals surface area contributed by atoms with E-state index in [0.29, 0.717) is 5.71 Å². The van der Waals surface area contributed by atoms with Crippen LogP contribution in [0.2, 0.25) is 0 Å². The van der Waals surface area contributed by atoms with E-state index in [4.69, 9.17) is 5.21 Å². The minimum absolute atomic E-state index is 0.588. The summed E-state index contributed by atoms with van der Waals surface area (Å²) >= 11 is 0. The van der Waals surface area contributed by atoms with Gasteiger partial charge in [-0.2, -0.15) is 0 Å². The van der Waals surface area contributed by atoms with Gasteiger partial charge < -0.3 is 10.1 Å².